The largest absolute Gasteiger partial charge is 3.00 e. The molecule has 0 fully saturated rings. The van der Waals surface area contributed by atoms with Crippen molar-refractivity contribution in [2.75, 3.05) is 0 Å². The SMILES string of the molecule is [Ce+3].[Cs+].[O-2].[O-2]. The first-order valence-corrected chi connectivity index (χ1v) is 0. The molecule has 17 valence electrons. The quantitative estimate of drug-likeness (QED) is 0.452. The third-order valence-corrected chi connectivity index (χ3v) is 0. The summed E-state index contributed by atoms with van der Waals surface area (Å²) in [7, 11) is 0. The van der Waals surface area contributed by atoms with Gasteiger partial charge in [-0.05, 0) is 0 Å². The number of rotatable bonds is 0. The van der Waals surface area contributed by atoms with Crippen LogP contribution < -0.4 is 68.9 Å². The molecule has 0 spiro atoms. The van der Waals surface area contributed by atoms with Crippen molar-refractivity contribution in [2.45, 2.75) is 0 Å². The van der Waals surface area contributed by atoms with Gasteiger partial charge < -0.3 is 11.0 Å². The van der Waals surface area contributed by atoms with Crippen LogP contribution in [0.5, 0.6) is 0 Å². The van der Waals surface area contributed by atoms with Crippen LogP contribution in [0.3, 0.4) is 0 Å². The van der Waals surface area contributed by atoms with Crippen LogP contribution in [-0.4, -0.2) is 0 Å². The normalized spacial score (nSPS) is 0. The van der Waals surface area contributed by atoms with Crippen molar-refractivity contribution in [3.05, 3.63) is 0 Å². The molecule has 0 aromatic carbocycles. The summed E-state index contributed by atoms with van der Waals surface area (Å²) >= 11 is 0. The fourth-order valence-electron chi connectivity index (χ4n) is 0. The van der Waals surface area contributed by atoms with Crippen molar-refractivity contribution in [1.82, 2.24) is 0 Å². The zero-order valence-electron chi connectivity index (χ0n) is 2.32. The monoisotopic (exact) mass is 305 g/mol. The first-order chi connectivity index (χ1) is 0. The molecule has 2 nitrogen and oxygen atoms in total. The van der Waals surface area contributed by atoms with Crippen molar-refractivity contribution in [1.29, 1.82) is 0 Å². The van der Waals surface area contributed by atoms with E-state index >= 15 is 0 Å². The maximum Gasteiger partial charge on any atom is 3.00 e. The Labute approximate surface area is 118 Å². The average Bonchev–Trinajstić information content (AvgIpc) is 0. The summed E-state index contributed by atoms with van der Waals surface area (Å²) in [5.74, 6) is 0. The van der Waals surface area contributed by atoms with E-state index in [0.29, 0.717) is 0 Å². The molecule has 0 saturated carbocycles. The van der Waals surface area contributed by atoms with Gasteiger partial charge >= 0.3 is 111 Å². The zero-order chi connectivity index (χ0) is 0. The molecular weight excluding hydrogens is 305 g/mol. The van der Waals surface area contributed by atoms with E-state index in [9.17, 15) is 0 Å². The molecule has 0 rings (SSSR count). The smallest absolute Gasteiger partial charge is 2.00 e. The minimum Gasteiger partial charge on any atom is -2.00 e. The van der Waals surface area contributed by atoms with E-state index in [1.807, 2.05) is 0 Å². The Balaban J connectivity index is 0. The predicted octanol–water partition coefficient (Wildman–Crippen LogP) is -3.23. The van der Waals surface area contributed by atoms with Gasteiger partial charge in [-0.25, -0.2) is 0 Å². The van der Waals surface area contributed by atoms with E-state index in [2.05, 4.69) is 0 Å². The maximum atomic E-state index is 0. The molecule has 0 amide bonds. The minimum atomic E-state index is 0. The predicted molar refractivity (Wildman–Crippen MR) is 1.37 cm³/mol. The Kier molecular flexibility index (Phi) is 107. The van der Waals surface area contributed by atoms with Crippen molar-refractivity contribution in [2.24, 2.45) is 0 Å². The van der Waals surface area contributed by atoms with Crippen molar-refractivity contribution < 1.29 is 122 Å². The summed E-state index contributed by atoms with van der Waals surface area (Å²) in [6.07, 6.45) is 0. The topological polar surface area (TPSA) is 57.0 Å². The second-order valence-corrected chi connectivity index (χ2v) is 0. The zero-order valence-corrected chi connectivity index (χ0v) is 11.7. The summed E-state index contributed by atoms with van der Waals surface area (Å²) in [5.41, 5.74) is 0. The van der Waals surface area contributed by atoms with Crippen LogP contribution in [0.4, 0.5) is 0 Å². The molecule has 4 heavy (non-hydrogen) atoms. The van der Waals surface area contributed by atoms with Gasteiger partial charge in [0.15, 0.2) is 0 Å². The van der Waals surface area contributed by atoms with Crippen molar-refractivity contribution >= 4 is 0 Å². The standard InChI is InChI=1S/Ce.Cs.2O/q+3;+1;2*-2. The Hall–Kier alpha value is 3.35. The van der Waals surface area contributed by atoms with Crippen LogP contribution in [0, 0.1) is 41.7 Å². The van der Waals surface area contributed by atoms with E-state index < -0.39 is 0 Å². The van der Waals surface area contributed by atoms with E-state index in [1.54, 1.807) is 0 Å². The van der Waals surface area contributed by atoms with E-state index in [0.717, 1.165) is 0 Å². The number of hydrogen-bond acceptors (Lipinski definition) is 0. The molecule has 0 aromatic heterocycles. The minimum absolute atomic E-state index is 0. The summed E-state index contributed by atoms with van der Waals surface area (Å²) in [6.45, 7) is 0. The summed E-state index contributed by atoms with van der Waals surface area (Å²) < 4.78 is 0. The van der Waals surface area contributed by atoms with E-state index in [1.165, 1.54) is 0 Å². The molecule has 0 heterocycles. The van der Waals surface area contributed by atoms with Crippen molar-refractivity contribution in [3.63, 3.8) is 0 Å². The molecule has 0 aliphatic rings. The molecule has 1 radical (unpaired) electrons. The Bertz CT molecular complexity index is 6.00. The van der Waals surface area contributed by atoms with Crippen LogP contribution >= 0.6 is 0 Å². The number of hydrogen-bond donors (Lipinski definition) is 0. The van der Waals surface area contributed by atoms with Crippen LogP contribution in [-0.2, 0) is 11.0 Å². The maximum absolute atomic E-state index is 0. The van der Waals surface area contributed by atoms with Gasteiger partial charge in [0.1, 0.15) is 0 Å². The summed E-state index contributed by atoms with van der Waals surface area (Å²) in [4.78, 5) is 0. The molecule has 0 unspecified atom stereocenters. The molecule has 0 atom stereocenters. The molecule has 0 aromatic rings. The first kappa shape index (κ1) is 26.4. The molecular formula is CeCsO2. The van der Waals surface area contributed by atoms with Crippen LogP contribution in [0.1, 0.15) is 0 Å². The fraction of sp³-hybridized carbons (Fsp3) is 0. The van der Waals surface area contributed by atoms with Gasteiger partial charge in [0, 0.05) is 0 Å². The molecule has 0 bridgehead atoms. The van der Waals surface area contributed by atoms with E-state index in [4.69, 9.17) is 0 Å². The third-order valence-electron chi connectivity index (χ3n) is 0. The molecule has 0 N–H and O–H groups in total. The average molecular weight is 305 g/mol. The Morgan fingerprint density at radius 3 is 0.750 bits per heavy atom. The Morgan fingerprint density at radius 1 is 0.750 bits per heavy atom. The molecule has 4 heteroatoms. The van der Waals surface area contributed by atoms with Gasteiger partial charge in [-0.15, -0.1) is 0 Å². The summed E-state index contributed by atoms with van der Waals surface area (Å²) in [6, 6.07) is 0. The van der Waals surface area contributed by atoms with E-state index in [-0.39, 0.29) is 122 Å². The van der Waals surface area contributed by atoms with Crippen LogP contribution in [0.25, 0.3) is 0 Å². The second kappa shape index (κ2) is 16.2. The van der Waals surface area contributed by atoms with Crippen molar-refractivity contribution in [3.8, 4) is 0 Å². The summed E-state index contributed by atoms with van der Waals surface area (Å²) in [5, 5.41) is 0. The van der Waals surface area contributed by atoms with Crippen LogP contribution in [0.2, 0.25) is 0 Å². The fourth-order valence-corrected chi connectivity index (χ4v) is 0. The van der Waals surface area contributed by atoms with Gasteiger partial charge in [0.05, 0.1) is 0 Å². The molecule has 0 saturated heterocycles. The van der Waals surface area contributed by atoms with Gasteiger partial charge in [-0.3, -0.25) is 0 Å². The molecule has 0 aliphatic heterocycles. The van der Waals surface area contributed by atoms with Gasteiger partial charge in [0.25, 0.3) is 0 Å². The van der Waals surface area contributed by atoms with Gasteiger partial charge in [0.2, 0.25) is 0 Å². The second-order valence-electron chi connectivity index (χ2n) is 0. The first-order valence-electron chi connectivity index (χ1n) is 0. The third kappa shape index (κ3) is 9.02. The van der Waals surface area contributed by atoms with Gasteiger partial charge in [-0.1, -0.05) is 0 Å². The molecule has 0 aliphatic carbocycles. The van der Waals surface area contributed by atoms with Crippen LogP contribution in [0.15, 0.2) is 0 Å². The Morgan fingerprint density at radius 2 is 0.750 bits per heavy atom. The van der Waals surface area contributed by atoms with Gasteiger partial charge in [-0.2, -0.15) is 0 Å².